The Morgan fingerprint density at radius 3 is 2.36 bits per heavy atom. The molecule has 0 spiro atoms. The van der Waals surface area contributed by atoms with Crippen LogP contribution in [0.15, 0.2) is 79.0 Å². The zero-order valence-corrected chi connectivity index (χ0v) is 32.9. The SMILES string of the molecule is CCCN(Cc1nc(-c2ccc3c(c2)COc2cc4c(ccc5nc(CN(CCC)C(=O)C(NC(=O)OC)c6ccccc6)[nH]c54)cc2-3)c[nH]1)C(=O)CNC(=O)OC. The maximum atomic E-state index is 14.0. The lowest BCUT2D eigenvalue weighted by molar-refractivity contribution is -0.134. The van der Waals surface area contributed by atoms with Crippen molar-refractivity contribution in [3.05, 3.63) is 102 Å². The number of H-pyrrole nitrogens is 2. The molecule has 4 aromatic carbocycles. The van der Waals surface area contributed by atoms with Gasteiger partial charge in [0.2, 0.25) is 11.8 Å². The number of alkyl carbamates (subject to hydrolysis) is 2. The zero-order valence-electron chi connectivity index (χ0n) is 32.9. The Morgan fingerprint density at radius 1 is 0.845 bits per heavy atom. The lowest BCUT2D eigenvalue weighted by Gasteiger charge is -2.27. The van der Waals surface area contributed by atoms with E-state index in [1.165, 1.54) is 14.2 Å². The monoisotopic (exact) mass is 786 g/mol. The molecule has 0 saturated carbocycles. The van der Waals surface area contributed by atoms with Crippen LogP contribution in [0.4, 0.5) is 9.59 Å². The van der Waals surface area contributed by atoms with Gasteiger partial charge in [-0.2, -0.15) is 0 Å². The Labute approximate surface area is 335 Å². The quantitative estimate of drug-likeness (QED) is 0.0946. The lowest BCUT2D eigenvalue weighted by atomic mass is 9.92. The first-order valence-electron chi connectivity index (χ1n) is 19.2. The molecule has 3 heterocycles. The number of carbonyl (C=O) groups is 4. The van der Waals surface area contributed by atoms with Gasteiger partial charge in [0.1, 0.15) is 36.6 Å². The van der Waals surface area contributed by atoms with Crippen LogP contribution >= 0.6 is 0 Å². The fourth-order valence-electron chi connectivity index (χ4n) is 7.25. The second kappa shape index (κ2) is 17.5. The van der Waals surface area contributed by atoms with Crippen molar-refractivity contribution < 1.29 is 33.4 Å². The maximum Gasteiger partial charge on any atom is 0.407 e. The van der Waals surface area contributed by atoms with E-state index in [0.29, 0.717) is 43.3 Å². The zero-order chi connectivity index (χ0) is 40.8. The molecule has 15 heteroatoms. The van der Waals surface area contributed by atoms with E-state index in [1.54, 1.807) is 21.9 Å². The minimum absolute atomic E-state index is 0.162. The smallest absolute Gasteiger partial charge is 0.407 e. The minimum Gasteiger partial charge on any atom is -0.488 e. The van der Waals surface area contributed by atoms with Crippen molar-refractivity contribution in [3.63, 3.8) is 0 Å². The highest BCUT2D eigenvalue weighted by Gasteiger charge is 2.29. The summed E-state index contributed by atoms with van der Waals surface area (Å²) in [5, 5.41) is 7.09. The first kappa shape index (κ1) is 39.3. The second-order valence-corrected chi connectivity index (χ2v) is 14.0. The molecule has 0 saturated heterocycles. The third-order valence-corrected chi connectivity index (χ3v) is 10.1. The number of rotatable bonds is 14. The van der Waals surface area contributed by atoms with E-state index in [1.807, 2.05) is 62.5 Å². The van der Waals surface area contributed by atoms with Crippen LogP contribution in [-0.4, -0.2) is 87.6 Å². The fraction of sp³-hybridized carbons (Fsp3) is 0.302. The molecule has 58 heavy (non-hydrogen) atoms. The molecule has 2 aromatic heterocycles. The van der Waals surface area contributed by atoms with Gasteiger partial charge in [-0.15, -0.1) is 0 Å². The standard InChI is InChI=1S/C43H46N8O7/c1-5-16-50(38(52)22-45-42(54)56-3)23-36-44-21-34(47-36)28-12-14-30-29(18-28)25-58-35-20-31-27(19-32(30)35)13-15-33-40(31)48-37(46-33)24-51(17-6-2)41(53)39(49-43(55)57-4)26-10-8-7-9-11-26/h7-15,18-21,39H,5-6,16-17,22-25H2,1-4H3,(H,44,47)(H,45,54)(H,46,48)(H,49,55). The van der Waals surface area contributed by atoms with Crippen LogP contribution in [0, 0.1) is 0 Å². The van der Waals surface area contributed by atoms with E-state index >= 15 is 0 Å². The second-order valence-electron chi connectivity index (χ2n) is 14.0. The number of methoxy groups -OCH3 is 2. The van der Waals surface area contributed by atoms with Crippen molar-refractivity contribution in [2.24, 2.45) is 0 Å². The molecule has 6 aromatic rings. The van der Waals surface area contributed by atoms with Gasteiger partial charge >= 0.3 is 12.2 Å². The number of fused-ring (bicyclic) bond motifs is 6. The van der Waals surface area contributed by atoms with Crippen molar-refractivity contribution in [1.82, 2.24) is 40.4 Å². The summed E-state index contributed by atoms with van der Waals surface area (Å²) in [6.45, 7) is 5.65. The summed E-state index contributed by atoms with van der Waals surface area (Å²) >= 11 is 0. The molecule has 1 aliphatic rings. The highest BCUT2D eigenvalue weighted by Crippen LogP contribution is 2.42. The number of ether oxygens (including phenoxy) is 3. The van der Waals surface area contributed by atoms with Crippen molar-refractivity contribution >= 4 is 45.8 Å². The third kappa shape index (κ3) is 8.43. The number of amides is 4. The van der Waals surface area contributed by atoms with E-state index in [9.17, 15) is 19.2 Å². The molecule has 0 radical (unpaired) electrons. The third-order valence-electron chi connectivity index (χ3n) is 10.1. The summed E-state index contributed by atoms with van der Waals surface area (Å²) in [7, 11) is 2.52. The highest BCUT2D eigenvalue weighted by atomic mass is 16.5. The molecule has 1 atom stereocenters. The van der Waals surface area contributed by atoms with Crippen LogP contribution in [0.2, 0.25) is 0 Å². The number of hydrogen-bond donors (Lipinski definition) is 4. The molecule has 300 valence electrons. The van der Waals surface area contributed by atoms with Crippen molar-refractivity contribution in [2.75, 3.05) is 33.9 Å². The Hall–Kier alpha value is -6.90. The molecular formula is C43H46N8O7. The average molecular weight is 787 g/mol. The van der Waals surface area contributed by atoms with Gasteiger partial charge in [-0.05, 0) is 59.2 Å². The van der Waals surface area contributed by atoms with Gasteiger partial charge < -0.3 is 44.6 Å². The predicted octanol–water partition coefficient (Wildman–Crippen LogP) is 6.60. The molecule has 4 N–H and O–H groups in total. The normalized spacial score (nSPS) is 12.2. The number of carbonyl (C=O) groups excluding carboxylic acids is 4. The number of nitrogens with zero attached hydrogens (tertiary/aromatic N) is 4. The van der Waals surface area contributed by atoms with E-state index in [2.05, 4.69) is 43.5 Å². The first-order chi connectivity index (χ1) is 28.2. The van der Waals surface area contributed by atoms with Crippen LogP contribution in [0.3, 0.4) is 0 Å². The van der Waals surface area contributed by atoms with Crippen LogP contribution in [0.1, 0.15) is 55.5 Å². The van der Waals surface area contributed by atoms with E-state index in [-0.39, 0.29) is 31.4 Å². The predicted molar refractivity (Wildman–Crippen MR) is 217 cm³/mol. The summed E-state index contributed by atoms with van der Waals surface area (Å²) in [5.41, 5.74) is 6.96. The first-order valence-corrected chi connectivity index (χ1v) is 19.2. The Kier molecular flexibility index (Phi) is 11.9. The number of hydrogen-bond acceptors (Lipinski definition) is 9. The van der Waals surface area contributed by atoms with Crippen LogP contribution in [-0.2, 0) is 38.8 Å². The van der Waals surface area contributed by atoms with Gasteiger partial charge in [-0.25, -0.2) is 19.6 Å². The largest absolute Gasteiger partial charge is 0.488 e. The number of nitrogens with one attached hydrogen (secondary N) is 4. The molecular weight excluding hydrogens is 741 g/mol. The number of aromatic nitrogens is 4. The van der Waals surface area contributed by atoms with Gasteiger partial charge in [0.05, 0.1) is 44.0 Å². The molecule has 1 unspecified atom stereocenters. The maximum absolute atomic E-state index is 14.0. The summed E-state index contributed by atoms with van der Waals surface area (Å²) in [5.74, 6) is 1.50. The van der Waals surface area contributed by atoms with Gasteiger partial charge in [0.15, 0.2) is 0 Å². The average Bonchev–Trinajstić information content (AvgIpc) is 3.90. The van der Waals surface area contributed by atoms with Crippen LogP contribution in [0.5, 0.6) is 5.75 Å². The Morgan fingerprint density at radius 2 is 1.60 bits per heavy atom. The van der Waals surface area contributed by atoms with Gasteiger partial charge in [-0.1, -0.05) is 62.4 Å². The molecule has 0 bridgehead atoms. The molecule has 0 aliphatic carbocycles. The minimum atomic E-state index is -0.924. The number of aromatic amines is 2. The Bertz CT molecular complexity index is 2460. The topological polar surface area (TPSA) is 184 Å². The Balaban J connectivity index is 1.11. The lowest BCUT2D eigenvalue weighted by Crippen LogP contribution is -2.43. The molecule has 1 aliphatic heterocycles. The highest BCUT2D eigenvalue weighted by molar-refractivity contribution is 6.07. The number of imidazole rings is 2. The summed E-state index contributed by atoms with van der Waals surface area (Å²) in [6.07, 6.45) is 1.94. The summed E-state index contributed by atoms with van der Waals surface area (Å²) in [4.78, 5) is 70.2. The van der Waals surface area contributed by atoms with E-state index in [4.69, 9.17) is 19.4 Å². The van der Waals surface area contributed by atoms with Gasteiger partial charge in [0, 0.05) is 35.8 Å². The van der Waals surface area contributed by atoms with Crippen molar-refractivity contribution in [3.8, 4) is 28.1 Å². The number of benzene rings is 4. The molecule has 0 fully saturated rings. The summed E-state index contributed by atoms with van der Waals surface area (Å²) < 4.78 is 15.8. The van der Waals surface area contributed by atoms with Crippen LogP contribution < -0.4 is 15.4 Å². The van der Waals surface area contributed by atoms with Crippen molar-refractivity contribution in [2.45, 2.75) is 52.4 Å². The van der Waals surface area contributed by atoms with Crippen molar-refractivity contribution in [1.29, 1.82) is 0 Å². The molecule has 4 amide bonds. The molecule has 15 nitrogen and oxygen atoms in total. The van der Waals surface area contributed by atoms with Gasteiger partial charge in [-0.3, -0.25) is 9.59 Å². The van der Waals surface area contributed by atoms with E-state index in [0.717, 1.165) is 61.9 Å². The molecule has 7 rings (SSSR count). The summed E-state index contributed by atoms with van der Waals surface area (Å²) in [6, 6.07) is 22.5. The van der Waals surface area contributed by atoms with Crippen LogP contribution in [0.25, 0.3) is 44.2 Å². The van der Waals surface area contributed by atoms with Gasteiger partial charge in [0.25, 0.3) is 0 Å². The fourth-order valence-corrected chi connectivity index (χ4v) is 7.25. The van der Waals surface area contributed by atoms with E-state index < -0.39 is 18.2 Å².